The zero-order chi connectivity index (χ0) is 28.8. The molecule has 0 saturated carbocycles. The normalized spacial score (nSPS) is 17.6. The molecule has 216 valence electrons. The lowest BCUT2D eigenvalue weighted by Crippen LogP contribution is -2.44. The third-order valence-electron chi connectivity index (χ3n) is 7.19. The van der Waals surface area contributed by atoms with Gasteiger partial charge in [-0.25, -0.2) is 9.97 Å². The van der Waals surface area contributed by atoms with Gasteiger partial charge in [0, 0.05) is 50.5 Å². The molecule has 11 nitrogen and oxygen atoms in total. The number of hydrogen-bond acceptors (Lipinski definition) is 10. The highest BCUT2D eigenvalue weighted by atomic mass is 32.1. The summed E-state index contributed by atoms with van der Waals surface area (Å²) in [6, 6.07) is 7.85. The molecule has 2 amide bonds. The predicted octanol–water partition coefficient (Wildman–Crippen LogP) is 3.97. The van der Waals surface area contributed by atoms with Crippen LogP contribution in [0.3, 0.4) is 0 Å². The van der Waals surface area contributed by atoms with Crippen LogP contribution in [-0.2, 0) is 16.1 Å². The fourth-order valence-electron chi connectivity index (χ4n) is 5.04. The Hall–Kier alpha value is -3.87. The van der Waals surface area contributed by atoms with Crippen LogP contribution in [0.5, 0.6) is 0 Å². The van der Waals surface area contributed by atoms with E-state index in [-0.39, 0.29) is 17.9 Å². The number of para-hydroxylation sites is 1. The van der Waals surface area contributed by atoms with Gasteiger partial charge in [-0.3, -0.25) is 14.5 Å². The van der Waals surface area contributed by atoms with Crippen LogP contribution >= 0.6 is 11.3 Å². The first kappa shape index (κ1) is 28.7. The number of carbonyl (C=O) groups is 2. The number of piperidine rings is 1. The van der Waals surface area contributed by atoms with Crippen molar-refractivity contribution in [3.05, 3.63) is 64.8 Å². The summed E-state index contributed by atoms with van der Waals surface area (Å²) in [5.74, 6) is 0.793. The number of aromatic nitrogens is 3. The number of nitrogens with zero attached hydrogens (tertiary/aromatic N) is 5. The van der Waals surface area contributed by atoms with Crippen LogP contribution in [0.2, 0.25) is 0 Å². The second-order valence-corrected chi connectivity index (χ2v) is 11.3. The maximum Gasteiger partial charge on any atom is 0.267 e. The number of aryl methyl sites for hydroxylation is 2. The molecule has 3 aromatic rings. The number of likely N-dealkylation sites (tertiary alicyclic amines) is 1. The monoisotopic (exact) mass is 576 g/mol. The van der Waals surface area contributed by atoms with E-state index in [0.29, 0.717) is 48.1 Å². The van der Waals surface area contributed by atoms with E-state index >= 15 is 0 Å². The van der Waals surface area contributed by atoms with Crippen molar-refractivity contribution in [3.63, 3.8) is 0 Å². The van der Waals surface area contributed by atoms with Crippen molar-refractivity contribution < 1.29 is 14.3 Å². The summed E-state index contributed by atoms with van der Waals surface area (Å²) in [5, 5.41) is 10.3. The van der Waals surface area contributed by atoms with Crippen LogP contribution in [0.25, 0.3) is 0 Å². The first-order chi connectivity index (χ1) is 19.9. The first-order valence-corrected chi connectivity index (χ1v) is 14.7. The molecule has 5 rings (SSSR count). The van der Waals surface area contributed by atoms with Crippen LogP contribution in [-0.4, -0.2) is 82.0 Å². The summed E-state index contributed by atoms with van der Waals surface area (Å²) in [7, 11) is 0. The van der Waals surface area contributed by atoms with E-state index in [1.807, 2.05) is 38.1 Å². The number of morpholine rings is 1. The molecular formula is C29H36N8O3S. The minimum Gasteiger partial charge on any atom is -0.379 e. The Bertz CT molecular complexity index is 1380. The van der Waals surface area contributed by atoms with Gasteiger partial charge in [0.2, 0.25) is 11.9 Å². The number of rotatable bonds is 9. The van der Waals surface area contributed by atoms with Crippen molar-refractivity contribution in [2.24, 2.45) is 0 Å². The molecule has 12 heteroatoms. The van der Waals surface area contributed by atoms with Crippen molar-refractivity contribution in [1.82, 2.24) is 24.8 Å². The van der Waals surface area contributed by atoms with Crippen molar-refractivity contribution in [2.45, 2.75) is 39.3 Å². The molecule has 2 saturated heterocycles. The minimum atomic E-state index is -0.207. The summed E-state index contributed by atoms with van der Waals surface area (Å²) in [4.78, 5) is 43.7. The van der Waals surface area contributed by atoms with Gasteiger partial charge in [0.25, 0.3) is 5.91 Å². The van der Waals surface area contributed by atoms with Crippen LogP contribution in [0.15, 0.2) is 43.1 Å². The number of hydrogen-bond donors (Lipinski definition) is 3. The summed E-state index contributed by atoms with van der Waals surface area (Å²) in [5.41, 5.74) is 3.68. The largest absolute Gasteiger partial charge is 0.379 e. The topological polar surface area (TPSA) is 125 Å². The molecule has 2 aliphatic heterocycles. The third kappa shape index (κ3) is 7.46. The standard InChI is InChI=1S/C29H36N8O3S/c1-4-25(38)37-10-6-9-21(18-37)31-28-32-22(17-36-11-13-40-14-12-36)15-24(33-28)34-29-30-16-23(41-29)27(39)35-26-19(2)7-5-8-20(26)3/h4-5,7-8,15-16,21H,1,6,9-14,17-18H2,2-3H3,(H,35,39)(H2,30,31,32,33,34)/t21-/m0/s1. The molecule has 2 aliphatic rings. The van der Waals surface area contributed by atoms with Gasteiger partial charge in [0.15, 0.2) is 5.13 Å². The molecule has 3 N–H and O–H groups in total. The second-order valence-electron chi connectivity index (χ2n) is 10.3. The predicted molar refractivity (Wildman–Crippen MR) is 161 cm³/mol. The Kier molecular flexibility index (Phi) is 9.22. The first-order valence-electron chi connectivity index (χ1n) is 13.8. The van der Waals surface area contributed by atoms with Gasteiger partial charge in [-0.15, -0.1) is 0 Å². The lowest BCUT2D eigenvalue weighted by molar-refractivity contribution is -0.127. The molecule has 0 unspecified atom stereocenters. The lowest BCUT2D eigenvalue weighted by atomic mass is 10.1. The van der Waals surface area contributed by atoms with Crippen molar-refractivity contribution in [1.29, 1.82) is 0 Å². The van der Waals surface area contributed by atoms with Gasteiger partial charge >= 0.3 is 0 Å². The molecule has 2 fully saturated rings. The van der Waals surface area contributed by atoms with E-state index in [2.05, 4.69) is 32.4 Å². The van der Waals surface area contributed by atoms with Crippen LogP contribution in [0, 0.1) is 13.8 Å². The maximum absolute atomic E-state index is 13.0. The van der Waals surface area contributed by atoms with E-state index in [9.17, 15) is 9.59 Å². The Morgan fingerprint density at radius 1 is 1.17 bits per heavy atom. The maximum atomic E-state index is 13.0. The summed E-state index contributed by atoms with van der Waals surface area (Å²) < 4.78 is 5.50. The summed E-state index contributed by atoms with van der Waals surface area (Å²) in [6.07, 6.45) is 4.72. The molecule has 1 atom stereocenters. The van der Waals surface area contributed by atoms with E-state index < -0.39 is 0 Å². The molecule has 2 aromatic heterocycles. The molecule has 41 heavy (non-hydrogen) atoms. The molecule has 0 aliphatic carbocycles. The minimum absolute atomic E-state index is 0.0270. The Labute approximate surface area is 244 Å². The number of ether oxygens (including phenoxy) is 1. The molecule has 1 aromatic carbocycles. The van der Waals surface area contributed by atoms with E-state index in [4.69, 9.17) is 14.7 Å². The Morgan fingerprint density at radius 2 is 1.95 bits per heavy atom. The summed E-state index contributed by atoms with van der Waals surface area (Å²) >= 11 is 1.26. The highest BCUT2D eigenvalue weighted by molar-refractivity contribution is 7.17. The Morgan fingerprint density at radius 3 is 2.71 bits per heavy atom. The average molecular weight is 577 g/mol. The highest BCUT2D eigenvalue weighted by Gasteiger charge is 2.23. The average Bonchev–Trinajstić information content (AvgIpc) is 3.43. The van der Waals surface area contributed by atoms with E-state index in [0.717, 1.165) is 55.0 Å². The number of nitrogens with one attached hydrogen (secondary N) is 3. The SMILES string of the molecule is C=CC(=O)N1CCC[C@H](Nc2nc(CN3CCOCC3)cc(Nc3ncc(C(=O)Nc4c(C)cccc4C)s3)n2)C1. The van der Waals surface area contributed by atoms with Gasteiger partial charge < -0.3 is 25.6 Å². The number of carbonyl (C=O) groups excluding carboxylic acids is 2. The number of anilines is 4. The van der Waals surface area contributed by atoms with Crippen molar-refractivity contribution in [2.75, 3.05) is 55.3 Å². The van der Waals surface area contributed by atoms with Crippen LogP contribution in [0.4, 0.5) is 22.6 Å². The zero-order valence-corrected chi connectivity index (χ0v) is 24.3. The van der Waals surface area contributed by atoms with Gasteiger partial charge in [0.1, 0.15) is 10.7 Å². The number of benzene rings is 1. The van der Waals surface area contributed by atoms with Gasteiger partial charge in [-0.2, -0.15) is 4.98 Å². The molecule has 0 bridgehead atoms. The van der Waals surface area contributed by atoms with E-state index in [1.165, 1.54) is 17.4 Å². The van der Waals surface area contributed by atoms with Gasteiger partial charge in [-0.05, 0) is 43.9 Å². The molecule has 4 heterocycles. The number of amides is 2. The number of thiazole rings is 1. The fraction of sp³-hybridized carbons (Fsp3) is 0.414. The molecule has 0 radical (unpaired) electrons. The van der Waals surface area contributed by atoms with Crippen LogP contribution in [0.1, 0.15) is 39.3 Å². The second kappa shape index (κ2) is 13.2. The van der Waals surface area contributed by atoms with Crippen LogP contribution < -0.4 is 16.0 Å². The van der Waals surface area contributed by atoms with E-state index in [1.54, 1.807) is 11.1 Å². The quantitative estimate of drug-likeness (QED) is 0.325. The van der Waals surface area contributed by atoms with Crippen molar-refractivity contribution in [3.8, 4) is 0 Å². The zero-order valence-electron chi connectivity index (χ0n) is 23.5. The molecule has 0 spiro atoms. The lowest BCUT2D eigenvalue weighted by Gasteiger charge is -2.32. The van der Waals surface area contributed by atoms with Crippen molar-refractivity contribution >= 4 is 45.7 Å². The molecular weight excluding hydrogens is 540 g/mol. The van der Waals surface area contributed by atoms with Gasteiger partial charge in [0.05, 0.1) is 25.1 Å². The fourth-order valence-corrected chi connectivity index (χ4v) is 5.75. The Balaban J connectivity index is 1.32. The summed E-state index contributed by atoms with van der Waals surface area (Å²) in [6.45, 7) is 12.6. The smallest absolute Gasteiger partial charge is 0.267 e. The van der Waals surface area contributed by atoms with Gasteiger partial charge in [-0.1, -0.05) is 36.1 Å². The highest BCUT2D eigenvalue weighted by Crippen LogP contribution is 2.26. The third-order valence-corrected chi connectivity index (χ3v) is 8.11.